The zero-order chi connectivity index (χ0) is 20.1. The van der Waals surface area contributed by atoms with Crippen LogP contribution < -0.4 is 5.73 Å². The number of carbonyl (C=O) groups is 1. The van der Waals surface area contributed by atoms with Gasteiger partial charge in [-0.2, -0.15) is 5.26 Å². The van der Waals surface area contributed by atoms with Crippen LogP contribution in [0.25, 0.3) is 0 Å². The number of halogens is 1. The average Bonchev–Trinajstić information content (AvgIpc) is 2.59. The summed E-state index contributed by atoms with van der Waals surface area (Å²) in [6.45, 7) is 7.27. The first-order chi connectivity index (χ1) is 12.8. The molecule has 0 fully saturated rings. The van der Waals surface area contributed by atoms with Gasteiger partial charge in [0.05, 0.1) is 30.8 Å². The molecule has 6 nitrogen and oxygen atoms in total. The molecule has 1 aliphatic rings. The molecule has 2 rings (SSSR count). The molecule has 1 aromatic rings. The largest absolute Gasteiger partial charge is 0.463 e. The van der Waals surface area contributed by atoms with Crippen LogP contribution in [0.2, 0.25) is 0 Å². The zero-order valence-corrected chi connectivity index (χ0v) is 15.8. The Labute approximate surface area is 158 Å². The molecule has 1 aromatic carbocycles. The predicted molar refractivity (Wildman–Crippen MR) is 96.3 cm³/mol. The normalized spacial score (nSPS) is 17.0. The Balaban J connectivity index is 2.64. The van der Waals surface area contributed by atoms with E-state index in [0.717, 1.165) is 0 Å². The molecule has 1 atom stereocenters. The fourth-order valence-electron chi connectivity index (χ4n) is 2.90. The maximum absolute atomic E-state index is 13.9. The summed E-state index contributed by atoms with van der Waals surface area (Å²) in [5.41, 5.74) is 7.19. The second-order valence-electron chi connectivity index (χ2n) is 6.32. The van der Waals surface area contributed by atoms with Crippen molar-refractivity contribution in [3.05, 3.63) is 57.9 Å². The molecule has 0 saturated heterocycles. The van der Waals surface area contributed by atoms with Crippen molar-refractivity contribution < 1.29 is 23.4 Å². The van der Waals surface area contributed by atoms with Crippen molar-refractivity contribution in [2.45, 2.75) is 46.3 Å². The molecule has 1 unspecified atom stereocenters. The molecule has 0 amide bonds. The number of benzene rings is 1. The fourth-order valence-corrected chi connectivity index (χ4v) is 2.90. The van der Waals surface area contributed by atoms with E-state index in [1.54, 1.807) is 13.8 Å². The van der Waals surface area contributed by atoms with E-state index >= 15 is 0 Å². The highest BCUT2D eigenvalue weighted by molar-refractivity contribution is 5.92. The van der Waals surface area contributed by atoms with Gasteiger partial charge >= 0.3 is 5.97 Å². The smallest absolute Gasteiger partial charge is 0.338 e. The maximum atomic E-state index is 13.9. The number of allylic oxidation sites excluding steroid dienone is 2. The van der Waals surface area contributed by atoms with Crippen LogP contribution in [0.1, 0.15) is 44.7 Å². The number of nitrogens with zero attached hydrogens (tertiary/aromatic N) is 1. The molecule has 0 saturated carbocycles. The van der Waals surface area contributed by atoms with Gasteiger partial charge in [-0.25, -0.2) is 9.18 Å². The minimum absolute atomic E-state index is 0.0704. The number of hydrogen-bond acceptors (Lipinski definition) is 6. The molecule has 144 valence electrons. The topological polar surface area (TPSA) is 94.6 Å². The molecule has 7 heteroatoms. The van der Waals surface area contributed by atoms with Gasteiger partial charge in [-0.1, -0.05) is 6.07 Å². The zero-order valence-electron chi connectivity index (χ0n) is 15.8. The third-order valence-corrected chi connectivity index (χ3v) is 4.09. The molecule has 1 heterocycles. The number of ether oxygens (including phenoxy) is 3. The number of rotatable bonds is 6. The number of esters is 1. The first-order valence-corrected chi connectivity index (χ1v) is 8.65. The second-order valence-corrected chi connectivity index (χ2v) is 6.32. The van der Waals surface area contributed by atoms with Gasteiger partial charge in [0.25, 0.3) is 0 Å². The second kappa shape index (κ2) is 8.69. The summed E-state index contributed by atoms with van der Waals surface area (Å²) < 4.78 is 30.0. The van der Waals surface area contributed by atoms with E-state index < -0.39 is 17.7 Å². The molecule has 0 radical (unpaired) electrons. The molecule has 2 N–H and O–H groups in total. The van der Waals surface area contributed by atoms with Crippen LogP contribution in [0.15, 0.2) is 41.0 Å². The maximum Gasteiger partial charge on any atom is 0.338 e. The fraction of sp³-hybridized carbons (Fsp3) is 0.400. The van der Waals surface area contributed by atoms with Crippen LogP contribution in [0, 0.1) is 17.1 Å². The van der Waals surface area contributed by atoms with E-state index in [2.05, 4.69) is 0 Å². The van der Waals surface area contributed by atoms with Gasteiger partial charge in [0.2, 0.25) is 5.88 Å². The molecule has 0 bridgehead atoms. The Morgan fingerprint density at radius 2 is 2.15 bits per heavy atom. The molecule has 0 aromatic heterocycles. The minimum atomic E-state index is -0.825. The van der Waals surface area contributed by atoms with Crippen LogP contribution in [0.4, 0.5) is 4.39 Å². The van der Waals surface area contributed by atoms with Gasteiger partial charge in [-0.3, -0.25) is 0 Å². The summed E-state index contributed by atoms with van der Waals surface area (Å²) in [4.78, 5) is 12.6. The van der Waals surface area contributed by atoms with Gasteiger partial charge in [-0.05, 0) is 51.0 Å². The lowest BCUT2D eigenvalue weighted by Gasteiger charge is -2.28. The molecular formula is C20H23FN2O4. The standard InChI is InChI=1S/C20H23FN2O4/c1-5-25-20(24)17-12(4)27-19(23)16(9-22)18(17)15-7-6-14(21)8-13(15)10-26-11(2)3/h6-8,11,18H,5,10,23H2,1-4H3. The van der Waals surface area contributed by atoms with E-state index in [1.807, 2.05) is 19.9 Å². The third kappa shape index (κ3) is 4.47. The first-order valence-electron chi connectivity index (χ1n) is 8.65. The Morgan fingerprint density at radius 1 is 1.44 bits per heavy atom. The molecule has 0 spiro atoms. The summed E-state index contributed by atoms with van der Waals surface area (Å²) in [6, 6.07) is 6.14. The van der Waals surface area contributed by atoms with Gasteiger partial charge in [0.15, 0.2) is 0 Å². The van der Waals surface area contributed by atoms with Crippen LogP contribution in [0.3, 0.4) is 0 Å². The SMILES string of the molecule is CCOC(=O)C1=C(C)OC(N)=C(C#N)C1c1ccc(F)cc1COC(C)C. The van der Waals surface area contributed by atoms with Crippen molar-refractivity contribution in [2.24, 2.45) is 5.73 Å². The van der Waals surface area contributed by atoms with Crippen molar-refractivity contribution >= 4 is 5.97 Å². The van der Waals surface area contributed by atoms with Crippen LogP contribution >= 0.6 is 0 Å². The number of carbonyl (C=O) groups excluding carboxylic acids is 1. The van der Waals surface area contributed by atoms with Crippen molar-refractivity contribution in [1.29, 1.82) is 5.26 Å². The van der Waals surface area contributed by atoms with Gasteiger partial charge in [-0.15, -0.1) is 0 Å². The minimum Gasteiger partial charge on any atom is -0.463 e. The quantitative estimate of drug-likeness (QED) is 0.767. The first kappa shape index (κ1) is 20.5. The monoisotopic (exact) mass is 374 g/mol. The summed E-state index contributed by atoms with van der Waals surface area (Å²) in [5.74, 6) is -1.72. The van der Waals surface area contributed by atoms with Crippen molar-refractivity contribution in [1.82, 2.24) is 0 Å². The van der Waals surface area contributed by atoms with E-state index in [9.17, 15) is 14.4 Å². The summed E-state index contributed by atoms with van der Waals surface area (Å²) in [5, 5.41) is 9.62. The molecule has 1 aliphatic heterocycles. The van der Waals surface area contributed by atoms with Crippen LogP contribution in [-0.2, 0) is 25.6 Å². The van der Waals surface area contributed by atoms with Gasteiger partial charge in [0.1, 0.15) is 23.2 Å². The van der Waals surface area contributed by atoms with Crippen molar-refractivity contribution in [3.8, 4) is 6.07 Å². The lowest BCUT2D eigenvalue weighted by Crippen LogP contribution is -2.26. The molecular weight excluding hydrogens is 351 g/mol. The molecule has 0 aliphatic carbocycles. The highest BCUT2D eigenvalue weighted by atomic mass is 19.1. The van der Waals surface area contributed by atoms with E-state index in [4.69, 9.17) is 19.9 Å². The number of hydrogen-bond donors (Lipinski definition) is 1. The highest BCUT2D eigenvalue weighted by Crippen LogP contribution is 2.41. The van der Waals surface area contributed by atoms with Crippen molar-refractivity contribution in [2.75, 3.05) is 6.61 Å². The highest BCUT2D eigenvalue weighted by Gasteiger charge is 2.37. The van der Waals surface area contributed by atoms with E-state index in [0.29, 0.717) is 11.1 Å². The Bertz CT molecular complexity index is 837. The van der Waals surface area contributed by atoms with Crippen LogP contribution in [-0.4, -0.2) is 18.7 Å². The summed E-state index contributed by atoms with van der Waals surface area (Å²) in [6.07, 6.45) is -0.0753. The number of nitrogens with two attached hydrogens (primary N) is 1. The van der Waals surface area contributed by atoms with Crippen LogP contribution in [0.5, 0.6) is 0 Å². The molecule has 27 heavy (non-hydrogen) atoms. The van der Waals surface area contributed by atoms with E-state index in [1.165, 1.54) is 18.2 Å². The number of nitriles is 1. The lowest BCUT2D eigenvalue weighted by atomic mass is 9.81. The summed E-state index contributed by atoms with van der Waals surface area (Å²) >= 11 is 0. The van der Waals surface area contributed by atoms with E-state index in [-0.39, 0.29) is 42.1 Å². The Hall–Kier alpha value is -2.85. The van der Waals surface area contributed by atoms with Gasteiger partial charge < -0.3 is 19.9 Å². The average molecular weight is 374 g/mol. The van der Waals surface area contributed by atoms with Gasteiger partial charge in [0, 0.05) is 0 Å². The third-order valence-electron chi connectivity index (χ3n) is 4.09. The predicted octanol–water partition coefficient (Wildman–Crippen LogP) is 3.40. The lowest BCUT2D eigenvalue weighted by molar-refractivity contribution is -0.139. The van der Waals surface area contributed by atoms with Crippen molar-refractivity contribution in [3.63, 3.8) is 0 Å². The Kier molecular flexibility index (Phi) is 6.59. The Morgan fingerprint density at radius 3 is 2.74 bits per heavy atom. The summed E-state index contributed by atoms with van der Waals surface area (Å²) in [7, 11) is 0.